The van der Waals surface area contributed by atoms with Gasteiger partial charge in [0.1, 0.15) is 0 Å². The van der Waals surface area contributed by atoms with Gasteiger partial charge in [-0.1, -0.05) is 29.8 Å². The van der Waals surface area contributed by atoms with E-state index in [1.807, 2.05) is 12.1 Å². The first-order valence-electron chi connectivity index (χ1n) is 8.84. The maximum Gasteiger partial charge on any atom is 0.418 e. The standard InChI is InChI=1S/C19H20ClF3N2O3S/c20-16-4-2-1-3-14(16)18(7-9-28-10-8-18)12-25-17-6-5-13(29(24,26)27)11-15(17)19(21,22)23/h1-6,11,25H,7-10,12H2,(H2,24,26,27). The van der Waals surface area contributed by atoms with Crippen LogP contribution in [0, 0.1) is 0 Å². The Morgan fingerprint density at radius 3 is 2.38 bits per heavy atom. The predicted octanol–water partition coefficient (Wildman–Crippen LogP) is 4.17. The molecule has 0 bridgehead atoms. The Morgan fingerprint density at radius 1 is 1.14 bits per heavy atom. The summed E-state index contributed by atoms with van der Waals surface area (Å²) in [5, 5.41) is 8.38. The Hall–Kier alpha value is -1.81. The molecule has 0 saturated carbocycles. The fourth-order valence-electron chi connectivity index (χ4n) is 3.55. The zero-order chi connectivity index (χ0) is 21.3. The van der Waals surface area contributed by atoms with Crippen LogP contribution in [-0.4, -0.2) is 28.2 Å². The highest BCUT2D eigenvalue weighted by Gasteiger charge is 2.38. The molecule has 0 aliphatic carbocycles. The average Bonchev–Trinajstić information content (AvgIpc) is 2.66. The van der Waals surface area contributed by atoms with Crippen molar-refractivity contribution in [2.75, 3.05) is 25.1 Å². The smallest absolute Gasteiger partial charge is 0.384 e. The minimum Gasteiger partial charge on any atom is -0.384 e. The van der Waals surface area contributed by atoms with E-state index in [4.69, 9.17) is 21.5 Å². The van der Waals surface area contributed by atoms with Crippen LogP contribution in [0.1, 0.15) is 24.0 Å². The highest BCUT2D eigenvalue weighted by Crippen LogP contribution is 2.41. The second-order valence-corrected chi connectivity index (χ2v) is 8.94. The third-order valence-corrected chi connectivity index (χ3v) is 6.38. The van der Waals surface area contributed by atoms with Crippen molar-refractivity contribution in [2.45, 2.75) is 29.3 Å². The van der Waals surface area contributed by atoms with Gasteiger partial charge in [-0.3, -0.25) is 0 Å². The molecule has 0 atom stereocenters. The Balaban J connectivity index is 1.97. The van der Waals surface area contributed by atoms with E-state index in [1.165, 1.54) is 0 Å². The Kier molecular flexibility index (Phi) is 6.14. The van der Waals surface area contributed by atoms with Crippen molar-refractivity contribution in [2.24, 2.45) is 5.14 Å². The molecule has 2 aromatic rings. The average molecular weight is 449 g/mol. The molecule has 1 heterocycles. The molecule has 2 aromatic carbocycles. The minimum absolute atomic E-state index is 0.178. The van der Waals surface area contributed by atoms with Crippen molar-refractivity contribution < 1.29 is 26.3 Å². The molecule has 0 amide bonds. The summed E-state index contributed by atoms with van der Waals surface area (Å²) in [4.78, 5) is -0.595. The summed E-state index contributed by atoms with van der Waals surface area (Å²) < 4.78 is 69.0. The molecule has 1 saturated heterocycles. The summed E-state index contributed by atoms with van der Waals surface area (Å²) >= 11 is 6.37. The van der Waals surface area contributed by atoms with Gasteiger partial charge in [-0.25, -0.2) is 13.6 Å². The minimum atomic E-state index is -4.75. The predicted molar refractivity (Wildman–Crippen MR) is 104 cm³/mol. The van der Waals surface area contributed by atoms with Crippen molar-refractivity contribution in [3.05, 3.63) is 58.6 Å². The van der Waals surface area contributed by atoms with Gasteiger partial charge in [0.05, 0.1) is 10.5 Å². The van der Waals surface area contributed by atoms with E-state index in [9.17, 15) is 21.6 Å². The summed E-state index contributed by atoms with van der Waals surface area (Å²) in [5.74, 6) is 0. The summed E-state index contributed by atoms with van der Waals surface area (Å²) in [5.41, 5.74) is -0.988. The molecule has 0 aromatic heterocycles. The number of nitrogens with two attached hydrogens (primary N) is 1. The zero-order valence-corrected chi connectivity index (χ0v) is 16.9. The highest BCUT2D eigenvalue weighted by molar-refractivity contribution is 7.89. The number of ether oxygens (including phenoxy) is 1. The van der Waals surface area contributed by atoms with Gasteiger partial charge < -0.3 is 10.1 Å². The molecule has 3 N–H and O–H groups in total. The Labute approximate surface area is 172 Å². The van der Waals surface area contributed by atoms with Crippen molar-refractivity contribution in [3.63, 3.8) is 0 Å². The summed E-state index contributed by atoms with van der Waals surface area (Å²) in [6.07, 6.45) is -3.59. The summed E-state index contributed by atoms with van der Waals surface area (Å²) in [6, 6.07) is 9.92. The van der Waals surface area contributed by atoms with Crippen molar-refractivity contribution in [1.82, 2.24) is 0 Å². The van der Waals surface area contributed by atoms with Crippen LogP contribution in [0.3, 0.4) is 0 Å². The fraction of sp³-hybridized carbons (Fsp3) is 0.368. The van der Waals surface area contributed by atoms with Gasteiger partial charge in [0.25, 0.3) is 0 Å². The lowest BCUT2D eigenvalue weighted by atomic mass is 9.74. The van der Waals surface area contributed by atoms with Gasteiger partial charge in [-0.05, 0) is 42.7 Å². The largest absolute Gasteiger partial charge is 0.418 e. The molecule has 29 heavy (non-hydrogen) atoms. The van der Waals surface area contributed by atoms with E-state index >= 15 is 0 Å². The second kappa shape index (κ2) is 8.14. The number of sulfonamides is 1. The summed E-state index contributed by atoms with van der Waals surface area (Å²) in [6.45, 7) is 1.10. The molecular weight excluding hydrogens is 429 g/mol. The molecule has 1 fully saturated rings. The van der Waals surface area contributed by atoms with Crippen LogP contribution in [0.15, 0.2) is 47.4 Å². The first-order chi connectivity index (χ1) is 13.5. The number of hydrogen-bond acceptors (Lipinski definition) is 4. The van der Waals surface area contributed by atoms with E-state index in [0.29, 0.717) is 37.1 Å². The quantitative estimate of drug-likeness (QED) is 0.719. The first-order valence-corrected chi connectivity index (χ1v) is 10.8. The van der Waals surface area contributed by atoms with E-state index in [-0.39, 0.29) is 12.2 Å². The lowest BCUT2D eigenvalue weighted by Gasteiger charge is -2.39. The maximum atomic E-state index is 13.5. The number of anilines is 1. The van der Waals surface area contributed by atoms with Crippen LogP contribution in [0.4, 0.5) is 18.9 Å². The lowest BCUT2D eigenvalue weighted by Crippen LogP contribution is -2.40. The van der Waals surface area contributed by atoms with Crippen LogP contribution >= 0.6 is 11.6 Å². The van der Waals surface area contributed by atoms with E-state index < -0.39 is 32.1 Å². The van der Waals surface area contributed by atoms with Crippen LogP contribution in [-0.2, 0) is 26.4 Å². The second-order valence-electron chi connectivity index (χ2n) is 6.98. The number of hydrogen-bond donors (Lipinski definition) is 2. The number of halogens is 4. The molecule has 1 aliphatic rings. The van der Waals surface area contributed by atoms with E-state index in [2.05, 4.69) is 5.32 Å². The van der Waals surface area contributed by atoms with Crippen molar-refractivity contribution in [3.8, 4) is 0 Å². The van der Waals surface area contributed by atoms with Crippen LogP contribution < -0.4 is 10.5 Å². The number of benzene rings is 2. The summed E-state index contributed by atoms with van der Waals surface area (Å²) in [7, 11) is -4.26. The topological polar surface area (TPSA) is 81.4 Å². The first kappa shape index (κ1) is 21.9. The van der Waals surface area contributed by atoms with Crippen LogP contribution in [0.25, 0.3) is 0 Å². The van der Waals surface area contributed by atoms with E-state index in [1.54, 1.807) is 12.1 Å². The third kappa shape index (κ3) is 4.85. The molecule has 0 radical (unpaired) electrons. The normalized spacial score (nSPS) is 17.1. The fourth-order valence-corrected chi connectivity index (χ4v) is 4.42. The number of nitrogens with one attached hydrogen (secondary N) is 1. The Morgan fingerprint density at radius 2 is 1.79 bits per heavy atom. The molecule has 10 heteroatoms. The van der Waals surface area contributed by atoms with E-state index in [0.717, 1.165) is 17.7 Å². The van der Waals surface area contributed by atoms with Crippen molar-refractivity contribution >= 4 is 27.3 Å². The number of rotatable bonds is 5. The monoisotopic (exact) mass is 448 g/mol. The molecule has 0 unspecified atom stereocenters. The molecule has 3 rings (SSSR count). The Bertz CT molecular complexity index is 990. The van der Waals surface area contributed by atoms with Gasteiger partial charge in [0.2, 0.25) is 10.0 Å². The molecule has 5 nitrogen and oxygen atoms in total. The van der Waals surface area contributed by atoms with Crippen molar-refractivity contribution in [1.29, 1.82) is 0 Å². The van der Waals surface area contributed by atoms with Gasteiger partial charge in [0.15, 0.2) is 0 Å². The van der Waals surface area contributed by atoms with Crippen LogP contribution in [0.2, 0.25) is 5.02 Å². The lowest BCUT2D eigenvalue weighted by molar-refractivity contribution is -0.137. The van der Waals surface area contributed by atoms with Gasteiger partial charge in [-0.2, -0.15) is 13.2 Å². The maximum absolute atomic E-state index is 13.5. The highest BCUT2D eigenvalue weighted by atomic mass is 35.5. The zero-order valence-electron chi connectivity index (χ0n) is 15.3. The SMILES string of the molecule is NS(=O)(=O)c1ccc(NCC2(c3ccccc3Cl)CCOCC2)c(C(F)(F)F)c1. The van der Waals surface area contributed by atoms with Gasteiger partial charge in [0, 0.05) is 35.9 Å². The van der Waals surface area contributed by atoms with Crippen LogP contribution in [0.5, 0.6) is 0 Å². The van der Waals surface area contributed by atoms with Gasteiger partial charge >= 0.3 is 6.18 Å². The molecule has 158 valence electrons. The molecule has 1 aliphatic heterocycles. The number of alkyl halides is 3. The molecule has 0 spiro atoms. The van der Waals surface area contributed by atoms with Gasteiger partial charge in [-0.15, -0.1) is 0 Å². The number of primary sulfonamides is 1. The third-order valence-electron chi connectivity index (χ3n) is 5.14. The molecular formula is C19H20ClF3N2O3S.